The molecule has 0 heterocycles. The summed E-state index contributed by atoms with van der Waals surface area (Å²) in [6.45, 7) is 4.86. The van der Waals surface area contributed by atoms with Gasteiger partial charge in [-0.15, -0.1) is 0 Å². The van der Waals surface area contributed by atoms with Gasteiger partial charge >= 0.3 is 18.9 Å². The van der Waals surface area contributed by atoms with E-state index in [1.807, 2.05) is 0 Å². The summed E-state index contributed by atoms with van der Waals surface area (Å²) < 4.78 is 0. The van der Waals surface area contributed by atoms with Crippen LogP contribution in [0.3, 0.4) is 0 Å². The van der Waals surface area contributed by atoms with E-state index in [1.165, 1.54) is 38.5 Å². The summed E-state index contributed by atoms with van der Waals surface area (Å²) >= 11 is 0. The molecule has 0 rings (SSSR count). The topological polar surface area (TPSA) is 64.1 Å². The molecule has 0 aromatic carbocycles. The molecule has 0 aromatic rings. The summed E-state index contributed by atoms with van der Waals surface area (Å²) in [5, 5.41) is 3.44. The van der Waals surface area contributed by atoms with Crippen molar-refractivity contribution >= 4 is 0 Å². The van der Waals surface area contributed by atoms with Crippen LogP contribution in [0.1, 0.15) is 44.9 Å². The van der Waals surface area contributed by atoms with E-state index in [0.717, 1.165) is 26.1 Å². The fourth-order valence-corrected chi connectivity index (χ4v) is 1.39. The van der Waals surface area contributed by atoms with Gasteiger partial charge < -0.3 is 16.8 Å². The minimum absolute atomic E-state index is 0. The molecular formula is C11H26LiN3. The van der Waals surface area contributed by atoms with Gasteiger partial charge in [0.25, 0.3) is 0 Å². The van der Waals surface area contributed by atoms with Crippen LogP contribution in [-0.2, 0) is 0 Å². The van der Waals surface area contributed by atoms with Crippen LogP contribution >= 0.6 is 0 Å². The first-order valence-corrected chi connectivity index (χ1v) is 5.86. The van der Waals surface area contributed by atoms with E-state index in [1.54, 1.807) is 6.54 Å². The molecule has 0 aliphatic rings. The summed E-state index contributed by atoms with van der Waals surface area (Å²) in [6, 6.07) is 0. The Morgan fingerprint density at radius 2 is 1.47 bits per heavy atom. The Balaban J connectivity index is 0. The smallest absolute Gasteiger partial charge is 0.483 e. The molecule has 86 valence electrons. The molecule has 0 radical (unpaired) electrons. The minimum Gasteiger partial charge on any atom is -0.483 e. The summed E-state index contributed by atoms with van der Waals surface area (Å²) in [6.07, 6.45) is 8.52. The molecule has 0 fully saturated rings. The second kappa shape index (κ2) is 16.9. The number of unbranched alkanes of at least 4 members (excludes halogenated alkanes) is 5. The number of nitrogens with two attached hydrogens (primary N) is 2. The van der Waals surface area contributed by atoms with Gasteiger partial charge in [-0.2, -0.15) is 6.42 Å². The van der Waals surface area contributed by atoms with Gasteiger partial charge in [0, 0.05) is 0 Å². The van der Waals surface area contributed by atoms with E-state index in [2.05, 4.69) is 5.32 Å². The van der Waals surface area contributed by atoms with Gasteiger partial charge in [-0.25, -0.2) is 0 Å². The molecule has 0 unspecified atom stereocenters. The van der Waals surface area contributed by atoms with Crippen LogP contribution in [0.25, 0.3) is 0 Å². The second-order valence-electron chi connectivity index (χ2n) is 3.68. The van der Waals surface area contributed by atoms with Crippen molar-refractivity contribution in [3.63, 3.8) is 0 Å². The molecule has 0 atom stereocenters. The zero-order valence-electron chi connectivity index (χ0n) is 10.3. The van der Waals surface area contributed by atoms with E-state index < -0.39 is 0 Å². The molecule has 0 aliphatic heterocycles. The normalized spacial score (nSPS) is 10.0. The average molecular weight is 207 g/mol. The molecule has 0 saturated carbocycles. The maximum atomic E-state index is 5.41. The first-order valence-electron chi connectivity index (χ1n) is 5.86. The molecule has 5 N–H and O–H groups in total. The summed E-state index contributed by atoms with van der Waals surface area (Å²) in [5.74, 6) is 0. The SMILES string of the molecule is N[CH-]CCCCNCCCCCCN.[Li+]. The molecule has 4 heteroatoms. The molecule has 3 nitrogen and oxygen atoms in total. The van der Waals surface area contributed by atoms with Crippen molar-refractivity contribution in [3.05, 3.63) is 6.54 Å². The quantitative estimate of drug-likeness (QED) is 0.217. The summed E-state index contributed by atoms with van der Waals surface area (Å²) in [7, 11) is 0. The molecule has 0 amide bonds. The predicted octanol–water partition coefficient (Wildman–Crippen LogP) is -1.61. The predicted molar refractivity (Wildman–Crippen MR) is 62.7 cm³/mol. The van der Waals surface area contributed by atoms with Crippen molar-refractivity contribution in [2.45, 2.75) is 44.9 Å². The third-order valence-electron chi connectivity index (χ3n) is 2.28. The third-order valence-corrected chi connectivity index (χ3v) is 2.28. The van der Waals surface area contributed by atoms with Crippen LogP contribution in [0.4, 0.5) is 0 Å². The Morgan fingerprint density at radius 3 is 2.07 bits per heavy atom. The first-order chi connectivity index (χ1) is 6.91. The van der Waals surface area contributed by atoms with Crippen molar-refractivity contribution < 1.29 is 18.9 Å². The van der Waals surface area contributed by atoms with Crippen LogP contribution in [0.5, 0.6) is 0 Å². The van der Waals surface area contributed by atoms with Crippen LogP contribution in [0, 0.1) is 6.54 Å². The Kier molecular flexibility index (Phi) is 20.1. The van der Waals surface area contributed by atoms with Crippen molar-refractivity contribution in [1.29, 1.82) is 0 Å². The van der Waals surface area contributed by atoms with Gasteiger partial charge in [0.1, 0.15) is 0 Å². The molecule has 0 saturated heterocycles. The largest absolute Gasteiger partial charge is 1.00 e. The van der Waals surface area contributed by atoms with E-state index in [-0.39, 0.29) is 18.9 Å². The minimum atomic E-state index is 0. The van der Waals surface area contributed by atoms with E-state index in [0.29, 0.717) is 0 Å². The van der Waals surface area contributed by atoms with Crippen LogP contribution < -0.4 is 35.6 Å². The Hall–Kier alpha value is 0.477. The van der Waals surface area contributed by atoms with Crippen LogP contribution in [-0.4, -0.2) is 19.6 Å². The number of hydrogen-bond acceptors (Lipinski definition) is 3. The number of nitrogens with one attached hydrogen (secondary N) is 1. The van der Waals surface area contributed by atoms with E-state index >= 15 is 0 Å². The second-order valence-corrected chi connectivity index (χ2v) is 3.68. The molecule has 0 spiro atoms. The third kappa shape index (κ3) is 17.1. The number of rotatable bonds is 11. The molecule has 0 aromatic heterocycles. The summed E-state index contributed by atoms with van der Waals surface area (Å²) in [4.78, 5) is 0. The molecule has 0 bridgehead atoms. The standard InChI is InChI=1S/C11H26N3.Li/c12-8-4-1-2-6-10-14-11-7-3-5-9-13;/h9,14H,1-8,10-13H2;/q-1;+1. The maximum Gasteiger partial charge on any atom is 1.00 e. The van der Waals surface area contributed by atoms with Gasteiger partial charge in [-0.3, -0.25) is 6.54 Å². The first kappa shape index (κ1) is 17.9. The molecule has 15 heavy (non-hydrogen) atoms. The number of hydrogen-bond donors (Lipinski definition) is 3. The van der Waals surface area contributed by atoms with E-state index in [9.17, 15) is 0 Å². The van der Waals surface area contributed by atoms with Crippen LogP contribution in [0.15, 0.2) is 0 Å². The van der Waals surface area contributed by atoms with Crippen molar-refractivity contribution in [2.75, 3.05) is 19.6 Å². The Bertz CT molecular complexity index is 89.8. The average Bonchev–Trinajstić information content (AvgIpc) is 2.21. The van der Waals surface area contributed by atoms with Crippen molar-refractivity contribution in [1.82, 2.24) is 5.32 Å². The monoisotopic (exact) mass is 207 g/mol. The van der Waals surface area contributed by atoms with Crippen molar-refractivity contribution in [3.8, 4) is 0 Å². The molecule has 0 aliphatic carbocycles. The zero-order chi connectivity index (χ0) is 10.5. The van der Waals surface area contributed by atoms with E-state index in [4.69, 9.17) is 11.5 Å². The fourth-order valence-electron chi connectivity index (χ4n) is 1.39. The van der Waals surface area contributed by atoms with Crippen LogP contribution in [0.2, 0.25) is 0 Å². The maximum absolute atomic E-state index is 5.41. The van der Waals surface area contributed by atoms with Gasteiger partial charge in [0.2, 0.25) is 0 Å². The fraction of sp³-hybridized carbons (Fsp3) is 0.909. The zero-order valence-corrected chi connectivity index (χ0v) is 10.3. The molecular weight excluding hydrogens is 181 g/mol. The van der Waals surface area contributed by atoms with Gasteiger partial charge in [-0.1, -0.05) is 19.3 Å². The Morgan fingerprint density at radius 1 is 0.867 bits per heavy atom. The van der Waals surface area contributed by atoms with Gasteiger partial charge in [0.15, 0.2) is 0 Å². The summed E-state index contributed by atoms with van der Waals surface area (Å²) in [5.41, 5.74) is 10.7. The Labute approximate surface area is 107 Å². The van der Waals surface area contributed by atoms with Gasteiger partial charge in [-0.05, 0) is 38.9 Å². The van der Waals surface area contributed by atoms with Gasteiger partial charge in [0.05, 0.1) is 0 Å². The van der Waals surface area contributed by atoms with Crippen molar-refractivity contribution in [2.24, 2.45) is 11.5 Å².